The van der Waals surface area contributed by atoms with Gasteiger partial charge in [0.15, 0.2) is 0 Å². The van der Waals surface area contributed by atoms with Gasteiger partial charge in [-0.15, -0.1) is 0 Å². The lowest BCUT2D eigenvalue weighted by Crippen LogP contribution is -2.25. The first-order chi connectivity index (χ1) is 10.9. The quantitative estimate of drug-likeness (QED) is 0.853. The SMILES string of the molecule is CC(C)c1nocc1CNC(=O)Cc1ccc(C(=O)O)c(F)c1. The lowest BCUT2D eigenvalue weighted by molar-refractivity contribution is -0.120. The third kappa shape index (κ3) is 4.15. The number of halogens is 1. The summed E-state index contributed by atoms with van der Waals surface area (Å²) in [6, 6.07) is 3.63. The lowest BCUT2D eigenvalue weighted by atomic mass is 10.1. The molecule has 0 unspecified atom stereocenters. The Bertz CT molecular complexity index is 725. The number of rotatable bonds is 6. The summed E-state index contributed by atoms with van der Waals surface area (Å²) in [7, 11) is 0. The molecule has 0 saturated heterocycles. The van der Waals surface area contributed by atoms with Crippen LogP contribution in [0.5, 0.6) is 0 Å². The fraction of sp³-hybridized carbons (Fsp3) is 0.312. The number of aromatic nitrogens is 1. The highest BCUT2D eigenvalue weighted by Gasteiger charge is 2.14. The fourth-order valence-electron chi connectivity index (χ4n) is 2.16. The summed E-state index contributed by atoms with van der Waals surface area (Å²) in [6.45, 7) is 4.21. The van der Waals surface area contributed by atoms with E-state index in [1.165, 1.54) is 12.3 Å². The molecule has 0 atom stereocenters. The summed E-state index contributed by atoms with van der Waals surface area (Å²) in [6.07, 6.45) is 1.44. The van der Waals surface area contributed by atoms with E-state index in [2.05, 4.69) is 10.5 Å². The Labute approximate surface area is 132 Å². The average molecular weight is 320 g/mol. The maximum atomic E-state index is 13.6. The Balaban J connectivity index is 1.96. The molecule has 0 fully saturated rings. The van der Waals surface area contributed by atoms with Gasteiger partial charge in [-0.2, -0.15) is 0 Å². The maximum absolute atomic E-state index is 13.6. The molecule has 2 aromatic rings. The van der Waals surface area contributed by atoms with Crippen LogP contribution in [0.3, 0.4) is 0 Å². The largest absolute Gasteiger partial charge is 0.478 e. The Kier molecular flexibility index (Phi) is 5.10. The minimum Gasteiger partial charge on any atom is -0.478 e. The van der Waals surface area contributed by atoms with Crippen LogP contribution in [0, 0.1) is 5.82 Å². The molecule has 0 saturated carbocycles. The molecule has 0 aliphatic heterocycles. The van der Waals surface area contributed by atoms with Crippen molar-refractivity contribution in [1.29, 1.82) is 0 Å². The van der Waals surface area contributed by atoms with Gasteiger partial charge < -0.3 is 14.9 Å². The van der Waals surface area contributed by atoms with Crippen molar-refractivity contribution in [3.8, 4) is 0 Å². The van der Waals surface area contributed by atoms with Gasteiger partial charge in [0.2, 0.25) is 5.91 Å². The molecular weight excluding hydrogens is 303 g/mol. The van der Waals surface area contributed by atoms with Crippen LogP contribution >= 0.6 is 0 Å². The zero-order valence-electron chi connectivity index (χ0n) is 12.8. The van der Waals surface area contributed by atoms with Crippen molar-refractivity contribution in [2.75, 3.05) is 0 Å². The van der Waals surface area contributed by atoms with Crippen LogP contribution in [0.1, 0.15) is 46.9 Å². The standard InChI is InChI=1S/C16H17FN2O4/c1-9(2)15-11(8-23-19-15)7-18-14(20)6-10-3-4-12(16(21)22)13(17)5-10/h3-5,8-9H,6-7H2,1-2H3,(H,18,20)(H,21,22). The summed E-state index contributed by atoms with van der Waals surface area (Å²) in [5.74, 6) is -2.32. The number of carbonyl (C=O) groups excluding carboxylic acids is 1. The van der Waals surface area contributed by atoms with Crippen molar-refractivity contribution < 1.29 is 23.6 Å². The van der Waals surface area contributed by atoms with Crippen LogP contribution in [0.2, 0.25) is 0 Å². The van der Waals surface area contributed by atoms with Gasteiger partial charge in [0.25, 0.3) is 0 Å². The number of nitrogens with zero attached hydrogens (tertiary/aromatic N) is 1. The highest BCUT2D eigenvalue weighted by atomic mass is 19.1. The Morgan fingerprint density at radius 1 is 1.39 bits per heavy atom. The van der Waals surface area contributed by atoms with Crippen molar-refractivity contribution in [3.63, 3.8) is 0 Å². The first-order valence-electron chi connectivity index (χ1n) is 7.10. The number of carboxylic acid groups (broad SMARTS) is 1. The zero-order valence-corrected chi connectivity index (χ0v) is 12.8. The van der Waals surface area contributed by atoms with Crippen molar-refractivity contribution in [3.05, 3.63) is 52.7 Å². The van der Waals surface area contributed by atoms with E-state index >= 15 is 0 Å². The number of carbonyl (C=O) groups is 2. The molecule has 0 spiro atoms. The van der Waals surface area contributed by atoms with Gasteiger partial charge in [-0.3, -0.25) is 4.79 Å². The summed E-state index contributed by atoms with van der Waals surface area (Å²) < 4.78 is 18.5. The first kappa shape index (κ1) is 16.7. The molecule has 1 heterocycles. The van der Waals surface area contributed by atoms with Gasteiger partial charge >= 0.3 is 5.97 Å². The third-order valence-corrected chi connectivity index (χ3v) is 3.33. The van der Waals surface area contributed by atoms with Crippen LogP contribution in [0.15, 0.2) is 29.0 Å². The van der Waals surface area contributed by atoms with E-state index in [1.807, 2.05) is 13.8 Å². The van der Waals surface area contributed by atoms with Crippen molar-refractivity contribution in [2.24, 2.45) is 0 Å². The van der Waals surface area contributed by atoms with Crippen LogP contribution in [-0.2, 0) is 17.8 Å². The van der Waals surface area contributed by atoms with Crippen molar-refractivity contribution >= 4 is 11.9 Å². The van der Waals surface area contributed by atoms with Crippen LogP contribution in [0.4, 0.5) is 4.39 Å². The number of hydrogen-bond donors (Lipinski definition) is 2. The Morgan fingerprint density at radius 3 is 2.74 bits per heavy atom. The summed E-state index contributed by atoms with van der Waals surface area (Å²) in [5.41, 5.74) is 1.56. The molecule has 1 amide bonds. The molecule has 23 heavy (non-hydrogen) atoms. The molecule has 0 radical (unpaired) electrons. The molecule has 1 aromatic heterocycles. The topological polar surface area (TPSA) is 92.4 Å². The highest BCUT2D eigenvalue weighted by molar-refractivity contribution is 5.88. The summed E-state index contributed by atoms with van der Waals surface area (Å²) >= 11 is 0. The number of carboxylic acids is 1. The van der Waals surface area contributed by atoms with Gasteiger partial charge in [-0.05, 0) is 23.6 Å². The second kappa shape index (κ2) is 7.04. The number of aromatic carboxylic acids is 1. The second-order valence-corrected chi connectivity index (χ2v) is 5.45. The van der Waals surface area contributed by atoms with Crippen LogP contribution in [-0.4, -0.2) is 22.1 Å². The molecule has 6 nitrogen and oxygen atoms in total. The monoisotopic (exact) mass is 320 g/mol. The average Bonchev–Trinajstić information content (AvgIpc) is 2.93. The van der Waals surface area contributed by atoms with E-state index in [0.717, 1.165) is 23.4 Å². The molecule has 2 N–H and O–H groups in total. The molecule has 7 heteroatoms. The Morgan fingerprint density at radius 2 is 2.13 bits per heavy atom. The van der Waals surface area contributed by atoms with E-state index in [-0.39, 0.29) is 24.8 Å². The highest BCUT2D eigenvalue weighted by Crippen LogP contribution is 2.17. The molecule has 0 aliphatic carbocycles. The number of amides is 1. The molecule has 0 bridgehead atoms. The van der Waals surface area contributed by atoms with E-state index in [1.54, 1.807) is 0 Å². The molecular formula is C16H17FN2O4. The minimum absolute atomic E-state index is 0.0425. The normalized spacial score (nSPS) is 10.8. The lowest BCUT2D eigenvalue weighted by Gasteiger charge is -2.07. The first-order valence-corrected chi connectivity index (χ1v) is 7.10. The van der Waals surface area contributed by atoms with E-state index in [9.17, 15) is 14.0 Å². The zero-order chi connectivity index (χ0) is 17.0. The van der Waals surface area contributed by atoms with E-state index in [0.29, 0.717) is 5.56 Å². The number of nitrogens with one attached hydrogen (secondary N) is 1. The Hall–Kier alpha value is -2.70. The fourth-order valence-corrected chi connectivity index (χ4v) is 2.16. The van der Waals surface area contributed by atoms with Crippen molar-refractivity contribution in [2.45, 2.75) is 32.7 Å². The second-order valence-electron chi connectivity index (χ2n) is 5.45. The maximum Gasteiger partial charge on any atom is 0.338 e. The smallest absolute Gasteiger partial charge is 0.338 e. The van der Waals surface area contributed by atoms with E-state index < -0.39 is 17.3 Å². The predicted molar refractivity (Wildman–Crippen MR) is 79.5 cm³/mol. The minimum atomic E-state index is -1.34. The summed E-state index contributed by atoms with van der Waals surface area (Å²) in [5, 5.41) is 15.4. The van der Waals surface area contributed by atoms with Gasteiger partial charge in [0.05, 0.1) is 17.7 Å². The van der Waals surface area contributed by atoms with Crippen LogP contribution < -0.4 is 5.32 Å². The van der Waals surface area contributed by atoms with Crippen molar-refractivity contribution in [1.82, 2.24) is 10.5 Å². The van der Waals surface area contributed by atoms with Gasteiger partial charge in [0.1, 0.15) is 12.1 Å². The van der Waals surface area contributed by atoms with Crippen LogP contribution in [0.25, 0.3) is 0 Å². The predicted octanol–water partition coefficient (Wildman–Crippen LogP) is 2.49. The number of benzene rings is 1. The number of hydrogen-bond acceptors (Lipinski definition) is 4. The molecule has 1 aromatic carbocycles. The molecule has 122 valence electrons. The van der Waals surface area contributed by atoms with E-state index in [4.69, 9.17) is 9.63 Å². The molecule has 2 rings (SSSR count). The summed E-state index contributed by atoms with van der Waals surface area (Å²) in [4.78, 5) is 22.7. The molecule has 0 aliphatic rings. The van der Waals surface area contributed by atoms with Gasteiger partial charge in [-0.25, -0.2) is 9.18 Å². The van der Waals surface area contributed by atoms with Gasteiger partial charge in [-0.1, -0.05) is 25.1 Å². The third-order valence-electron chi connectivity index (χ3n) is 3.33. The van der Waals surface area contributed by atoms with Gasteiger partial charge in [0, 0.05) is 12.1 Å².